The Hall–Kier alpha value is -7.33. The Kier molecular flexibility index (Phi) is 9.33. The van der Waals surface area contributed by atoms with E-state index in [1.807, 2.05) is 30.5 Å². The molecular formula is C57H38N4OPt-2. The first kappa shape index (κ1) is 38.6. The van der Waals surface area contributed by atoms with Crippen LogP contribution >= 0.6 is 0 Å². The molecule has 12 rings (SSSR count). The van der Waals surface area contributed by atoms with Gasteiger partial charge in [-0.15, -0.1) is 29.7 Å². The van der Waals surface area contributed by atoms with Crippen LogP contribution in [0.4, 0.5) is 0 Å². The largest absolute Gasteiger partial charge is 0.510 e. The number of imidazole rings is 1. The molecule has 0 unspecified atom stereocenters. The van der Waals surface area contributed by atoms with Gasteiger partial charge in [0.15, 0.2) is 0 Å². The fourth-order valence-electron chi connectivity index (χ4n) is 9.51. The van der Waals surface area contributed by atoms with Crippen LogP contribution in [0.2, 0.25) is 0 Å². The molecule has 63 heavy (non-hydrogen) atoms. The molecule has 0 bridgehead atoms. The number of para-hydroxylation sites is 4. The summed E-state index contributed by atoms with van der Waals surface area (Å²) in [6.45, 7) is 4.60. The predicted molar refractivity (Wildman–Crippen MR) is 248 cm³/mol. The van der Waals surface area contributed by atoms with Crippen molar-refractivity contribution < 1.29 is 30.4 Å². The number of hydrogen-bond acceptors (Lipinski definition) is 2. The average Bonchev–Trinajstić information content (AvgIpc) is 3.95. The van der Waals surface area contributed by atoms with Gasteiger partial charge in [0.25, 0.3) is 6.33 Å². The number of fused-ring (bicyclic) bond motifs is 7. The summed E-state index contributed by atoms with van der Waals surface area (Å²) in [7, 11) is 0. The fourth-order valence-corrected chi connectivity index (χ4v) is 9.51. The monoisotopic (exact) mass is 989 g/mol. The molecule has 0 fully saturated rings. The molecule has 0 amide bonds. The first-order chi connectivity index (χ1) is 30.5. The third-order valence-corrected chi connectivity index (χ3v) is 12.4. The summed E-state index contributed by atoms with van der Waals surface area (Å²) >= 11 is 0. The molecule has 3 aromatic heterocycles. The molecular weight excluding hydrogens is 952 g/mol. The van der Waals surface area contributed by atoms with Gasteiger partial charge < -0.3 is 13.9 Å². The van der Waals surface area contributed by atoms with Crippen LogP contribution in [0.3, 0.4) is 0 Å². The Labute approximate surface area is 380 Å². The maximum absolute atomic E-state index is 6.66. The van der Waals surface area contributed by atoms with Crippen molar-refractivity contribution in [1.29, 1.82) is 0 Å². The summed E-state index contributed by atoms with van der Waals surface area (Å²) in [6.07, 6.45) is 5.79. The van der Waals surface area contributed by atoms with E-state index in [-0.39, 0.29) is 26.5 Å². The van der Waals surface area contributed by atoms with Crippen molar-refractivity contribution in [3.05, 3.63) is 224 Å². The van der Waals surface area contributed by atoms with Crippen LogP contribution in [0.5, 0.6) is 11.5 Å². The van der Waals surface area contributed by atoms with Crippen molar-refractivity contribution in [1.82, 2.24) is 14.1 Å². The van der Waals surface area contributed by atoms with Gasteiger partial charge in [-0.1, -0.05) is 165 Å². The van der Waals surface area contributed by atoms with E-state index < -0.39 is 0 Å². The molecule has 0 atom stereocenters. The normalized spacial score (nSPS) is 12.6. The van der Waals surface area contributed by atoms with Crippen LogP contribution in [0.1, 0.15) is 25.0 Å². The zero-order valence-electron chi connectivity index (χ0n) is 34.5. The molecule has 1 aliphatic carbocycles. The van der Waals surface area contributed by atoms with Gasteiger partial charge in [-0.3, -0.25) is 4.57 Å². The smallest absolute Gasteiger partial charge is 0.268 e. The van der Waals surface area contributed by atoms with Gasteiger partial charge in [-0.05, 0) is 62.2 Å². The van der Waals surface area contributed by atoms with Crippen molar-refractivity contribution >= 4 is 32.8 Å². The molecule has 0 saturated carbocycles. The zero-order valence-corrected chi connectivity index (χ0v) is 36.8. The number of ether oxygens (including phenoxy) is 1. The number of nitrogens with zero attached hydrogens (tertiary/aromatic N) is 4. The maximum Gasteiger partial charge on any atom is 0.268 e. The second kappa shape index (κ2) is 15.2. The molecule has 304 valence electrons. The average molecular weight is 990 g/mol. The van der Waals surface area contributed by atoms with E-state index in [0.717, 1.165) is 72.3 Å². The first-order valence-corrected chi connectivity index (χ1v) is 21.0. The maximum atomic E-state index is 6.66. The quantitative estimate of drug-likeness (QED) is 0.118. The van der Waals surface area contributed by atoms with E-state index in [0.29, 0.717) is 11.5 Å². The molecule has 8 aromatic carbocycles. The second-order valence-electron chi connectivity index (χ2n) is 16.4. The SMILES string of the molecule is CC1(C)c2ccccc2-c2cnc(-n3c4[c-]c(Oc5[c-]c(-n6[c-][n+](-c7c(-c8ccccc8)cccc7-c7ccccc7)c7ccccc76)ccc5)ccc4c4ccccc43)cc21.[Pt]. The molecule has 0 radical (unpaired) electrons. The fraction of sp³-hybridized carbons (Fsp3) is 0.0526. The van der Waals surface area contributed by atoms with Crippen LogP contribution in [0, 0.1) is 18.5 Å². The van der Waals surface area contributed by atoms with Crippen molar-refractivity contribution in [2.24, 2.45) is 0 Å². The van der Waals surface area contributed by atoms with Crippen molar-refractivity contribution in [3.8, 4) is 62.1 Å². The van der Waals surface area contributed by atoms with Gasteiger partial charge in [0.05, 0.1) is 16.7 Å². The summed E-state index contributed by atoms with van der Waals surface area (Å²) in [5.74, 6) is 2.01. The summed E-state index contributed by atoms with van der Waals surface area (Å²) in [4.78, 5) is 5.10. The number of hydrogen-bond donors (Lipinski definition) is 0. The van der Waals surface area contributed by atoms with Crippen molar-refractivity contribution in [3.63, 3.8) is 0 Å². The molecule has 0 aliphatic heterocycles. The van der Waals surface area contributed by atoms with Gasteiger partial charge in [0, 0.05) is 55.3 Å². The minimum atomic E-state index is -0.154. The van der Waals surface area contributed by atoms with Gasteiger partial charge in [0.2, 0.25) is 0 Å². The Balaban J connectivity index is 0.00000444. The summed E-state index contributed by atoms with van der Waals surface area (Å²) < 4.78 is 13.1. The van der Waals surface area contributed by atoms with E-state index in [1.54, 1.807) is 0 Å². The number of aromatic nitrogens is 4. The Morgan fingerprint density at radius 1 is 0.540 bits per heavy atom. The van der Waals surface area contributed by atoms with Crippen molar-refractivity contribution in [2.75, 3.05) is 0 Å². The first-order valence-electron chi connectivity index (χ1n) is 21.0. The molecule has 1 aliphatic rings. The van der Waals surface area contributed by atoms with E-state index in [2.05, 4.69) is 210 Å². The van der Waals surface area contributed by atoms with E-state index in [1.165, 1.54) is 22.3 Å². The molecule has 0 saturated heterocycles. The van der Waals surface area contributed by atoms with Crippen LogP contribution < -0.4 is 9.30 Å². The molecule has 3 heterocycles. The molecule has 5 nitrogen and oxygen atoms in total. The van der Waals surface area contributed by atoms with E-state index in [4.69, 9.17) is 9.72 Å². The second-order valence-corrected chi connectivity index (χ2v) is 16.4. The third kappa shape index (κ3) is 6.26. The Bertz CT molecular complexity index is 3470. The zero-order chi connectivity index (χ0) is 41.4. The van der Waals surface area contributed by atoms with Gasteiger partial charge in [-0.2, -0.15) is 18.2 Å². The van der Waals surface area contributed by atoms with Gasteiger partial charge in [0.1, 0.15) is 5.82 Å². The summed E-state index contributed by atoms with van der Waals surface area (Å²) in [5.41, 5.74) is 15.2. The molecule has 6 heteroatoms. The number of benzene rings is 8. The van der Waals surface area contributed by atoms with Crippen LogP contribution in [0.15, 0.2) is 194 Å². The Morgan fingerprint density at radius 2 is 1.17 bits per heavy atom. The van der Waals surface area contributed by atoms with Gasteiger partial charge >= 0.3 is 0 Å². The van der Waals surface area contributed by atoms with E-state index >= 15 is 0 Å². The predicted octanol–water partition coefficient (Wildman–Crippen LogP) is 13.2. The van der Waals surface area contributed by atoms with E-state index in [9.17, 15) is 0 Å². The number of pyridine rings is 1. The standard InChI is InChI=1S/C57H38N4O.Pt/c1-57(2)49-27-11-9-23-45(49)48-36-58-55(35-50(48)57)61-51-28-12-10-24-46(51)47-32-31-42(34-54(47)61)62-41-22-15-21-40(33-41)59-37-60(53-30-14-13-29-52(53)59)56-43(38-17-5-3-6-18-38)25-16-26-44(56)39-19-7-4-8-20-39;/h3-32,35-36H,1-2H3;/q-2;. The summed E-state index contributed by atoms with van der Waals surface area (Å²) in [5, 5.41) is 2.22. The van der Waals surface area contributed by atoms with Crippen LogP contribution in [-0.2, 0) is 26.5 Å². The van der Waals surface area contributed by atoms with Gasteiger partial charge in [-0.25, -0.2) is 4.98 Å². The summed E-state index contributed by atoms with van der Waals surface area (Å²) in [6, 6.07) is 72.8. The number of rotatable bonds is 7. The Morgan fingerprint density at radius 3 is 1.95 bits per heavy atom. The third-order valence-electron chi connectivity index (χ3n) is 12.4. The van der Waals surface area contributed by atoms with Crippen molar-refractivity contribution in [2.45, 2.75) is 19.3 Å². The molecule has 0 N–H and O–H groups in total. The van der Waals surface area contributed by atoms with Crippen LogP contribution in [0.25, 0.3) is 83.4 Å². The topological polar surface area (TPSA) is 35.9 Å². The molecule has 11 aromatic rings. The van der Waals surface area contributed by atoms with Crippen LogP contribution in [-0.4, -0.2) is 14.1 Å². The minimum Gasteiger partial charge on any atom is -0.510 e. The molecule has 0 spiro atoms. The minimum absolute atomic E-state index is 0.